The van der Waals surface area contributed by atoms with Gasteiger partial charge in [0.05, 0.1) is 12.3 Å². The van der Waals surface area contributed by atoms with E-state index in [-0.39, 0.29) is 6.04 Å². The molecule has 0 radical (unpaired) electrons. The van der Waals surface area contributed by atoms with E-state index in [0.29, 0.717) is 17.5 Å². The fourth-order valence-corrected chi connectivity index (χ4v) is 3.77. The molecule has 1 aromatic carbocycles. The Morgan fingerprint density at radius 3 is 3.00 bits per heavy atom. The van der Waals surface area contributed by atoms with E-state index in [2.05, 4.69) is 39.5 Å². The first kappa shape index (κ1) is 16.4. The Morgan fingerprint density at radius 1 is 1.28 bits per heavy atom. The number of nitrogens with one attached hydrogen (secondary N) is 1. The van der Waals surface area contributed by atoms with E-state index < -0.39 is 0 Å². The van der Waals surface area contributed by atoms with Gasteiger partial charge in [-0.3, -0.25) is 4.90 Å². The molecule has 0 bridgehead atoms. The summed E-state index contributed by atoms with van der Waals surface area (Å²) < 4.78 is 11.1. The van der Waals surface area contributed by atoms with Gasteiger partial charge >= 0.3 is 0 Å². The van der Waals surface area contributed by atoms with Gasteiger partial charge in [-0.25, -0.2) is 0 Å². The molecule has 0 aliphatic carbocycles. The van der Waals surface area contributed by atoms with Crippen LogP contribution in [0.1, 0.15) is 17.4 Å². The highest BCUT2D eigenvalue weighted by molar-refractivity contribution is 7.98. The van der Waals surface area contributed by atoms with E-state index in [0.717, 1.165) is 31.0 Å². The zero-order valence-electron chi connectivity index (χ0n) is 14.0. The second kappa shape index (κ2) is 7.43. The number of likely N-dealkylation sites (N-methyl/N-ethyl adjacent to an activating group) is 1. The topological polar surface area (TPSA) is 67.3 Å². The van der Waals surface area contributed by atoms with E-state index >= 15 is 0 Å². The SMILES string of the molecule is CN1CCNCC1c1noc(-c2occc2CSc2ccccc2)n1. The lowest BCUT2D eigenvalue weighted by atomic mass is 10.2. The lowest BCUT2D eigenvalue weighted by Crippen LogP contribution is -2.44. The van der Waals surface area contributed by atoms with Gasteiger partial charge in [0.2, 0.25) is 0 Å². The zero-order chi connectivity index (χ0) is 17.1. The summed E-state index contributed by atoms with van der Waals surface area (Å²) in [5.74, 6) is 2.59. The predicted molar refractivity (Wildman–Crippen MR) is 96.2 cm³/mol. The summed E-state index contributed by atoms with van der Waals surface area (Å²) in [6, 6.07) is 12.4. The third kappa shape index (κ3) is 3.63. The molecule has 1 fully saturated rings. The maximum Gasteiger partial charge on any atom is 0.293 e. The highest BCUT2D eigenvalue weighted by Crippen LogP contribution is 2.31. The van der Waals surface area contributed by atoms with E-state index in [4.69, 9.17) is 8.94 Å². The predicted octanol–water partition coefficient (Wildman–Crippen LogP) is 3.20. The molecule has 2 aromatic heterocycles. The molecule has 1 aliphatic heterocycles. The van der Waals surface area contributed by atoms with Crippen molar-refractivity contribution in [3.63, 3.8) is 0 Å². The van der Waals surface area contributed by atoms with Crippen molar-refractivity contribution in [2.45, 2.75) is 16.7 Å². The number of nitrogens with zero attached hydrogens (tertiary/aromatic N) is 3. The van der Waals surface area contributed by atoms with Gasteiger partial charge in [0.1, 0.15) is 0 Å². The van der Waals surface area contributed by atoms with Crippen LogP contribution in [0, 0.1) is 0 Å². The van der Waals surface area contributed by atoms with Gasteiger partial charge in [0, 0.05) is 35.8 Å². The smallest absolute Gasteiger partial charge is 0.293 e. The van der Waals surface area contributed by atoms with Crippen LogP contribution in [0.2, 0.25) is 0 Å². The van der Waals surface area contributed by atoms with Crippen LogP contribution in [0.5, 0.6) is 0 Å². The molecular formula is C18H20N4O2S. The van der Waals surface area contributed by atoms with Gasteiger partial charge in [-0.2, -0.15) is 4.98 Å². The summed E-state index contributed by atoms with van der Waals surface area (Å²) in [4.78, 5) is 8.03. The van der Waals surface area contributed by atoms with Crippen molar-refractivity contribution in [2.75, 3.05) is 26.7 Å². The number of furan rings is 1. The molecule has 7 heteroatoms. The molecule has 0 saturated carbocycles. The molecule has 6 nitrogen and oxygen atoms in total. The van der Waals surface area contributed by atoms with Crippen LogP contribution in [-0.4, -0.2) is 41.7 Å². The number of aromatic nitrogens is 2. The molecular weight excluding hydrogens is 336 g/mol. The van der Waals surface area contributed by atoms with E-state index in [9.17, 15) is 0 Å². The van der Waals surface area contributed by atoms with Crippen molar-refractivity contribution in [3.8, 4) is 11.7 Å². The summed E-state index contributed by atoms with van der Waals surface area (Å²) >= 11 is 1.75. The molecule has 3 aromatic rings. The van der Waals surface area contributed by atoms with Gasteiger partial charge < -0.3 is 14.3 Å². The maximum absolute atomic E-state index is 5.63. The molecule has 3 heterocycles. The first-order chi connectivity index (χ1) is 12.3. The van der Waals surface area contributed by atoms with Crippen LogP contribution in [0.25, 0.3) is 11.7 Å². The minimum Gasteiger partial charge on any atom is -0.459 e. The molecule has 1 N–H and O–H groups in total. The number of benzene rings is 1. The second-order valence-electron chi connectivity index (χ2n) is 6.03. The van der Waals surface area contributed by atoms with E-state index in [1.807, 2.05) is 24.3 Å². The molecule has 25 heavy (non-hydrogen) atoms. The first-order valence-corrected chi connectivity index (χ1v) is 9.29. The zero-order valence-corrected chi connectivity index (χ0v) is 14.8. The standard InChI is InChI=1S/C18H20N4O2S/c1-22-9-8-19-11-15(22)17-20-18(24-21-17)16-13(7-10-23-16)12-25-14-5-3-2-4-6-14/h2-7,10,15,19H,8-9,11-12H2,1H3. The van der Waals surface area contributed by atoms with E-state index in [1.54, 1.807) is 18.0 Å². The number of hydrogen-bond acceptors (Lipinski definition) is 7. The van der Waals surface area contributed by atoms with Gasteiger partial charge in [-0.1, -0.05) is 23.4 Å². The fourth-order valence-electron chi connectivity index (χ4n) is 2.87. The molecule has 1 aliphatic rings. The monoisotopic (exact) mass is 356 g/mol. The number of piperazine rings is 1. The van der Waals surface area contributed by atoms with Crippen LogP contribution in [0.4, 0.5) is 0 Å². The van der Waals surface area contributed by atoms with Crippen molar-refractivity contribution in [2.24, 2.45) is 0 Å². The lowest BCUT2D eigenvalue weighted by Gasteiger charge is -2.30. The third-order valence-corrected chi connectivity index (χ3v) is 5.39. The van der Waals surface area contributed by atoms with Gasteiger partial charge in [0.25, 0.3) is 5.89 Å². The Kier molecular flexibility index (Phi) is 4.87. The Morgan fingerprint density at radius 2 is 2.16 bits per heavy atom. The summed E-state index contributed by atoms with van der Waals surface area (Å²) in [6.45, 7) is 2.77. The minimum absolute atomic E-state index is 0.128. The van der Waals surface area contributed by atoms with Gasteiger partial charge in [0.15, 0.2) is 11.6 Å². The molecule has 4 rings (SSSR count). The van der Waals surface area contributed by atoms with Crippen LogP contribution in [-0.2, 0) is 5.75 Å². The minimum atomic E-state index is 0.128. The van der Waals surface area contributed by atoms with Crippen molar-refractivity contribution in [1.82, 2.24) is 20.4 Å². The van der Waals surface area contributed by atoms with Gasteiger partial charge in [-0.15, -0.1) is 11.8 Å². The summed E-state index contributed by atoms with van der Waals surface area (Å²) in [5, 5.41) is 7.54. The third-order valence-electron chi connectivity index (χ3n) is 4.33. The highest BCUT2D eigenvalue weighted by atomic mass is 32.2. The van der Waals surface area contributed by atoms with Crippen LogP contribution >= 0.6 is 11.8 Å². The Hall–Kier alpha value is -2.09. The number of rotatable bonds is 5. The summed E-state index contributed by atoms with van der Waals surface area (Å²) in [6.07, 6.45) is 1.67. The lowest BCUT2D eigenvalue weighted by molar-refractivity contribution is 0.190. The van der Waals surface area contributed by atoms with Crippen molar-refractivity contribution >= 4 is 11.8 Å². The van der Waals surface area contributed by atoms with Crippen LogP contribution in [0.15, 0.2) is 56.5 Å². The molecule has 0 spiro atoms. The molecule has 1 atom stereocenters. The van der Waals surface area contributed by atoms with E-state index in [1.165, 1.54) is 4.90 Å². The first-order valence-electron chi connectivity index (χ1n) is 8.30. The molecule has 1 saturated heterocycles. The molecule has 130 valence electrons. The normalized spacial score (nSPS) is 18.5. The second-order valence-corrected chi connectivity index (χ2v) is 7.08. The summed E-state index contributed by atoms with van der Waals surface area (Å²) in [7, 11) is 2.08. The Bertz CT molecular complexity index is 817. The van der Waals surface area contributed by atoms with Crippen molar-refractivity contribution < 1.29 is 8.94 Å². The Balaban J connectivity index is 1.50. The number of hydrogen-bond donors (Lipinski definition) is 1. The van der Waals surface area contributed by atoms with Gasteiger partial charge in [-0.05, 0) is 25.2 Å². The van der Waals surface area contributed by atoms with Crippen LogP contribution < -0.4 is 5.32 Å². The average molecular weight is 356 g/mol. The van der Waals surface area contributed by atoms with Crippen LogP contribution in [0.3, 0.4) is 0 Å². The van der Waals surface area contributed by atoms with Crippen molar-refractivity contribution in [3.05, 3.63) is 54.0 Å². The van der Waals surface area contributed by atoms with Crippen molar-refractivity contribution in [1.29, 1.82) is 0 Å². The maximum atomic E-state index is 5.63. The fraction of sp³-hybridized carbons (Fsp3) is 0.333. The largest absolute Gasteiger partial charge is 0.459 e. The Labute approximate surface area is 150 Å². The highest BCUT2D eigenvalue weighted by Gasteiger charge is 2.26. The average Bonchev–Trinajstić information content (AvgIpc) is 3.30. The number of thioether (sulfide) groups is 1. The summed E-state index contributed by atoms with van der Waals surface area (Å²) in [5.41, 5.74) is 1.05. The quantitative estimate of drug-likeness (QED) is 0.704. The molecule has 0 amide bonds. The molecule has 1 unspecified atom stereocenters.